The van der Waals surface area contributed by atoms with Crippen molar-refractivity contribution in [1.82, 2.24) is 9.55 Å². The number of benzene rings is 2. The standard InChI is InChI=1S/C19H21N3O2/c1-12-4-6-13(7-5-12)18-21-14-8-16-17(24-11-23-16)9-15(14)22(18)10-19(2,3)20/h4-9H,10-11,20H2,1-3H3. The van der Waals surface area contributed by atoms with Crippen molar-refractivity contribution in [2.24, 2.45) is 5.73 Å². The average molecular weight is 323 g/mol. The first-order valence-electron chi connectivity index (χ1n) is 8.06. The highest BCUT2D eigenvalue weighted by atomic mass is 16.7. The lowest BCUT2D eigenvalue weighted by Gasteiger charge is -2.21. The molecule has 0 fully saturated rings. The fourth-order valence-electron chi connectivity index (χ4n) is 3.01. The number of aromatic nitrogens is 2. The van der Waals surface area contributed by atoms with E-state index in [1.165, 1.54) is 5.56 Å². The summed E-state index contributed by atoms with van der Waals surface area (Å²) in [5.74, 6) is 2.41. The van der Waals surface area contributed by atoms with Crippen LogP contribution in [0.4, 0.5) is 0 Å². The van der Waals surface area contributed by atoms with Gasteiger partial charge in [0, 0.05) is 29.8 Å². The molecule has 0 saturated heterocycles. The van der Waals surface area contributed by atoms with Crippen LogP contribution in [-0.2, 0) is 6.54 Å². The number of hydrogen-bond donors (Lipinski definition) is 1. The van der Waals surface area contributed by atoms with Gasteiger partial charge in [0.2, 0.25) is 6.79 Å². The van der Waals surface area contributed by atoms with Crippen LogP contribution in [0.2, 0.25) is 0 Å². The number of rotatable bonds is 3. The van der Waals surface area contributed by atoms with Crippen LogP contribution in [0.25, 0.3) is 22.4 Å². The van der Waals surface area contributed by atoms with Gasteiger partial charge in [0.15, 0.2) is 11.5 Å². The van der Waals surface area contributed by atoms with E-state index in [-0.39, 0.29) is 12.3 Å². The summed E-state index contributed by atoms with van der Waals surface area (Å²) in [7, 11) is 0. The molecule has 5 nitrogen and oxygen atoms in total. The van der Waals surface area contributed by atoms with Crippen molar-refractivity contribution in [2.45, 2.75) is 32.9 Å². The average Bonchev–Trinajstić information content (AvgIpc) is 3.09. The molecule has 0 amide bonds. The van der Waals surface area contributed by atoms with E-state index >= 15 is 0 Å². The fraction of sp³-hybridized carbons (Fsp3) is 0.316. The van der Waals surface area contributed by atoms with Crippen LogP contribution in [0.5, 0.6) is 11.5 Å². The monoisotopic (exact) mass is 323 g/mol. The summed E-state index contributed by atoms with van der Waals surface area (Å²) in [6.45, 7) is 7.03. The van der Waals surface area contributed by atoms with Gasteiger partial charge in [-0.15, -0.1) is 0 Å². The van der Waals surface area contributed by atoms with Crippen molar-refractivity contribution < 1.29 is 9.47 Å². The summed E-state index contributed by atoms with van der Waals surface area (Å²) < 4.78 is 13.2. The zero-order valence-electron chi connectivity index (χ0n) is 14.2. The second-order valence-corrected chi connectivity index (χ2v) is 7.07. The highest BCUT2D eigenvalue weighted by molar-refractivity contribution is 5.84. The molecule has 1 aliphatic heterocycles. The molecule has 0 radical (unpaired) electrons. The maximum Gasteiger partial charge on any atom is 0.231 e. The van der Waals surface area contributed by atoms with E-state index in [0.717, 1.165) is 33.9 Å². The van der Waals surface area contributed by atoms with E-state index in [1.807, 2.05) is 26.0 Å². The SMILES string of the molecule is Cc1ccc(-c2nc3cc4c(cc3n2CC(C)(C)N)OCO4)cc1. The first-order chi connectivity index (χ1) is 11.4. The largest absolute Gasteiger partial charge is 0.454 e. The summed E-state index contributed by atoms with van der Waals surface area (Å²) in [4.78, 5) is 4.85. The van der Waals surface area contributed by atoms with Crippen molar-refractivity contribution in [3.05, 3.63) is 42.0 Å². The molecule has 2 N–H and O–H groups in total. The normalized spacial score (nSPS) is 13.7. The molecule has 2 heterocycles. The number of nitrogens with zero attached hydrogens (tertiary/aromatic N) is 2. The summed E-state index contributed by atoms with van der Waals surface area (Å²) in [5, 5.41) is 0. The quantitative estimate of drug-likeness (QED) is 0.801. The van der Waals surface area contributed by atoms with Crippen LogP contribution in [0.3, 0.4) is 0 Å². The molecular weight excluding hydrogens is 302 g/mol. The Bertz CT molecular complexity index is 905. The molecule has 1 aliphatic rings. The molecule has 0 saturated carbocycles. The molecule has 0 spiro atoms. The Balaban J connectivity index is 1.94. The van der Waals surface area contributed by atoms with Gasteiger partial charge in [0.05, 0.1) is 11.0 Å². The lowest BCUT2D eigenvalue weighted by molar-refractivity contribution is 0.174. The van der Waals surface area contributed by atoms with Crippen molar-refractivity contribution in [2.75, 3.05) is 6.79 Å². The van der Waals surface area contributed by atoms with Crippen molar-refractivity contribution in [3.8, 4) is 22.9 Å². The molecule has 5 heteroatoms. The van der Waals surface area contributed by atoms with Gasteiger partial charge in [-0.05, 0) is 20.8 Å². The van der Waals surface area contributed by atoms with Gasteiger partial charge < -0.3 is 19.8 Å². The minimum Gasteiger partial charge on any atom is -0.454 e. The number of hydrogen-bond acceptors (Lipinski definition) is 4. The molecule has 0 atom stereocenters. The van der Waals surface area contributed by atoms with E-state index in [2.05, 4.69) is 35.8 Å². The Labute approximate surface area is 141 Å². The van der Waals surface area contributed by atoms with E-state index in [4.69, 9.17) is 20.2 Å². The molecule has 0 aliphatic carbocycles. The van der Waals surface area contributed by atoms with E-state index in [1.54, 1.807) is 0 Å². The predicted octanol–water partition coefficient (Wildman–Crippen LogP) is 3.48. The third kappa shape index (κ3) is 2.61. The van der Waals surface area contributed by atoms with Gasteiger partial charge in [0.1, 0.15) is 5.82 Å². The summed E-state index contributed by atoms with van der Waals surface area (Å²) >= 11 is 0. The van der Waals surface area contributed by atoms with Gasteiger partial charge in [-0.25, -0.2) is 4.98 Å². The Morgan fingerprint density at radius 3 is 2.46 bits per heavy atom. The molecule has 1 aromatic heterocycles. The number of fused-ring (bicyclic) bond motifs is 2. The Morgan fingerprint density at radius 2 is 1.79 bits per heavy atom. The van der Waals surface area contributed by atoms with E-state index in [0.29, 0.717) is 6.54 Å². The topological polar surface area (TPSA) is 62.3 Å². The third-order valence-corrected chi connectivity index (χ3v) is 4.12. The van der Waals surface area contributed by atoms with E-state index < -0.39 is 0 Å². The van der Waals surface area contributed by atoms with Gasteiger partial charge in [-0.3, -0.25) is 0 Å². The molecule has 0 unspecified atom stereocenters. The second kappa shape index (κ2) is 5.24. The predicted molar refractivity (Wildman–Crippen MR) is 94.3 cm³/mol. The lowest BCUT2D eigenvalue weighted by atomic mass is 10.1. The first-order valence-corrected chi connectivity index (χ1v) is 8.06. The van der Waals surface area contributed by atoms with Gasteiger partial charge in [0.25, 0.3) is 0 Å². The van der Waals surface area contributed by atoms with Crippen molar-refractivity contribution in [3.63, 3.8) is 0 Å². The zero-order chi connectivity index (χ0) is 16.9. The third-order valence-electron chi connectivity index (χ3n) is 4.12. The van der Waals surface area contributed by atoms with Crippen molar-refractivity contribution >= 4 is 11.0 Å². The van der Waals surface area contributed by atoms with Gasteiger partial charge in [-0.2, -0.15) is 0 Å². The Hall–Kier alpha value is -2.53. The van der Waals surface area contributed by atoms with Gasteiger partial charge in [-0.1, -0.05) is 29.8 Å². The van der Waals surface area contributed by atoms with E-state index in [9.17, 15) is 0 Å². The van der Waals surface area contributed by atoms with Crippen LogP contribution in [0, 0.1) is 6.92 Å². The van der Waals surface area contributed by atoms with Crippen LogP contribution < -0.4 is 15.2 Å². The maximum absolute atomic E-state index is 6.30. The maximum atomic E-state index is 6.30. The number of nitrogens with two attached hydrogens (primary N) is 1. The molecule has 2 aromatic carbocycles. The molecule has 0 bridgehead atoms. The molecule has 4 rings (SSSR count). The summed E-state index contributed by atoms with van der Waals surface area (Å²) in [6.07, 6.45) is 0. The highest BCUT2D eigenvalue weighted by Crippen LogP contribution is 2.38. The summed E-state index contributed by atoms with van der Waals surface area (Å²) in [6, 6.07) is 12.3. The van der Waals surface area contributed by atoms with Crippen LogP contribution >= 0.6 is 0 Å². The Morgan fingerprint density at radius 1 is 1.12 bits per heavy atom. The summed E-state index contributed by atoms with van der Waals surface area (Å²) in [5.41, 5.74) is 10.1. The Kier molecular flexibility index (Phi) is 3.28. The number of imidazole rings is 1. The second-order valence-electron chi connectivity index (χ2n) is 7.07. The van der Waals surface area contributed by atoms with Crippen LogP contribution in [0.15, 0.2) is 36.4 Å². The van der Waals surface area contributed by atoms with Crippen molar-refractivity contribution in [1.29, 1.82) is 0 Å². The van der Waals surface area contributed by atoms with Crippen LogP contribution in [-0.4, -0.2) is 21.9 Å². The highest BCUT2D eigenvalue weighted by Gasteiger charge is 2.22. The minimum atomic E-state index is -0.358. The lowest BCUT2D eigenvalue weighted by Crippen LogP contribution is -2.37. The minimum absolute atomic E-state index is 0.259. The van der Waals surface area contributed by atoms with Gasteiger partial charge >= 0.3 is 0 Å². The molecule has 3 aromatic rings. The molecule has 24 heavy (non-hydrogen) atoms. The number of aryl methyl sites for hydroxylation is 1. The zero-order valence-corrected chi connectivity index (χ0v) is 14.2. The molecule has 124 valence electrons. The molecular formula is C19H21N3O2. The number of ether oxygens (including phenoxy) is 2. The smallest absolute Gasteiger partial charge is 0.231 e. The first kappa shape index (κ1) is 15.0. The fourth-order valence-corrected chi connectivity index (χ4v) is 3.01. The van der Waals surface area contributed by atoms with Crippen LogP contribution in [0.1, 0.15) is 19.4 Å².